The number of hydrogen-bond donors (Lipinski definition) is 0. The Morgan fingerprint density at radius 3 is 2.38 bits per heavy atom. The second-order valence-electron chi connectivity index (χ2n) is 6.99. The number of allylic oxidation sites excluding steroid dienone is 1. The third kappa shape index (κ3) is 2.78. The van der Waals surface area contributed by atoms with Crippen molar-refractivity contribution in [3.8, 4) is 11.5 Å². The fraction of sp³-hybridized carbons (Fsp3) is 0.286. The normalized spacial score (nSPS) is 17.1. The van der Waals surface area contributed by atoms with Crippen molar-refractivity contribution in [1.82, 2.24) is 0 Å². The fourth-order valence-corrected chi connectivity index (χ4v) is 5.47. The maximum atomic E-state index is 13.4. The van der Waals surface area contributed by atoms with Gasteiger partial charge in [-0.05, 0) is 36.6 Å². The number of ether oxygens (including phenoxy) is 2. The summed E-state index contributed by atoms with van der Waals surface area (Å²) in [5, 5.41) is 0. The first kappa shape index (κ1) is 19.3. The van der Waals surface area contributed by atoms with Gasteiger partial charge in [-0.1, -0.05) is 18.2 Å². The summed E-state index contributed by atoms with van der Waals surface area (Å²) in [5.74, 6) is 0.376. The van der Waals surface area contributed by atoms with Crippen molar-refractivity contribution in [3.05, 3.63) is 52.4 Å². The molecule has 1 amide bonds. The number of fused-ring (bicyclic) bond motifs is 2. The molecule has 8 heteroatoms. The van der Waals surface area contributed by atoms with E-state index >= 15 is 0 Å². The summed E-state index contributed by atoms with van der Waals surface area (Å²) in [6.45, 7) is 2.11. The first-order valence-electron chi connectivity index (χ1n) is 9.17. The third-order valence-corrected chi connectivity index (χ3v) is 7.45. The highest BCUT2D eigenvalue weighted by Crippen LogP contribution is 2.45. The fourth-order valence-electron chi connectivity index (χ4n) is 3.95. The van der Waals surface area contributed by atoms with Crippen molar-refractivity contribution < 1.29 is 22.7 Å². The molecule has 152 valence electrons. The number of para-hydroxylation sites is 1. The quantitative estimate of drug-likeness (QED) is 0.772. The zero-order valence-corrected chi connectivity index (χ0v) is 17.5. The van der Waals surface area contributed by atoms with Crippen molar-refractivity contribution in [3.63, 3.8) is 0 Å². The molecule has 29 heavy (non-hydrogen) atoms. The van der Waals surface area contributed by atoms with Crippen LogP contribution in [-0.4, -0.2) is 42.1 Å². The van der Waals surface area contributed by atoms with Crippen LogP contribution in [0.5, 0.6) is 11.5 Å². The summed E-state index contributed by atoms with van der Waals surface area (Å²) in [6, 6.07) is 10.9. The van der Waals surface area contributed by atoms with Gasteiger partial charge in [0, 0.05) is 30.9 Å². The molecule has 7 nitrogen and oxygen atoms in total. The predicted molar refractivity (Wildman–Crippen MR) is 112 cm³/mol. The molecule has 0 N–H and O–H groups in total. The maximum absolute atomic E-state index is 13.4. The van der Waals surface area contributed by atoms with E-state index in [1.807, 2.05) is 24.3 Å². The van der Waals surface area contributed by atoms with E-state index in [9.17, 15) is 13.2 Å². The molecule has 0 saturated heterocycles. The number of anilines is 2. The lowest BCUT2D eigenvalue weighted by Crippen LogP contribution is -2.40. The van der Waals surface area contributed by atoms with Gasteiger partial charge in [0.25, 0.3) is 15.9 Å². The molecule has 0 atom stereocenters. The van der Waals surface area contributed by atoms with Gasteiger partial charge in [0.15, 0.2) is 16.4 Å². The van der Waals surface area contributed by atoms with Gasteiger partial charge in [0.1, 0.15) is 0 Å². The second-order valence-corrected chi connectivity index (χ2v) is 8.89. The third-order valence-electron chi connectivity index (χ3n) is 5.53. The zero-order chi connectivity index (χ0) is 20.9. The Bertz CT molecular complexity index is 1150. The molecule has 2 aliphatic heterocycles. The van der Waals surface area contributed by atoms with Gasteiger partial charge in [0.05, 0.1) is 19.9 Å². The number of rotatable bonds is 3. The minimum Gasteiger partial charge on any atom is -0.493 e. The van der Waals surface area contributed by atoms with Crippen LogP contribution < -0.4 is 18.7 Å². The minimum absolute atomic E-state index is 0.212. The molecule has 0 spiro atoms. The first-order valence-corrected chi connectivity index (χ1v) is 10.6. The van der Waals surface area contributed by atoms with E-state index in [4.69, 9.17) is 9.47 Å². The lowest BCUT2D eigenvalue weighted by molar-refractivity contribution is -0.114. The van der Waals surface area contributed by atoms with Crippen LogP contribution >= 0.6 is 0 Å². The lowest BCUT2D eigenvalue weighted by Gasteiger charge is -2.32. The monoisotopic (exact) mass is 414 g/mol. The van der Waals surface area contributed by atoms with Crippen LogP contribution in [0, 0.1) is 0 Å². The van der Waals surface area contributed by atoms with Crippen LogP contribution in [0.3, 0.4) is 0 Å². The van der Waals surface area contributed by atoms with Crippen molar-refractivity contribution in [2.45, 2.75) is 13.3 Å². The van der Waals surface area contributed by atoms with E-state index < -0.39 is 15.9 Å². The number of sulfonamides is 1. The predicted octanol–water partition coefficient (Wildman–Crippen LogP) is 2.80. The first-order chi connectivity index (χ1) is 13.8. The summed E-state index contributed by atoms with van der Waals surface area (Å²) in [7, 11) is 0.423. The van der Waals surface area contributed by atoms with Crippen molar-refractivity contribution in [2.75, 3.05) is 37.0 Å². The molecule has 0 saturated carbocycles. The van der Waals surface area contributed by atoms with Gasteiger partial charge in [-0.25, -0.2) is 8.42 Å². The summed E-state index contributed by atoms with van der Waals surface area (Å²) in [4.78, 5) is 14.8. The van der Waals surface area contributed by atoms with Crippen molar-refractivity contribution in [2.24, 2.45) is 0 Å². The van der Waals surface area contributed by atoms with E-state index in [2.05, 4.69) is 0 Å². The SMILES string of the molecule is COc1cc2c(cc1OC)N(C)S(=O)(=O)C(C(=O)N1CCc3ccccc31)=C2C. The molecule has 4 rings (SSSR count). The molecule has 0 unspecified atom stereocenters. The van der Waals surface area contributed by atoms with Crippen LogP contribution in [-0.2, 0) is 21.2 Å². The molecule has 0 aromatic heterocycles. The van der Waals surface area contributed by atoms with Gasteiger partial charge >= 0.3 is 0 Å². The average molecular weight is 414 g/mol. The van der Waals surface area contributed by atoms with Crippen LogP contribution in [0.25, 0.3) is 5.57 Å². The van der Waals surface area contributed by atoms with Gasteiger partial charge in [-0.3, -0.25) is 9.10 Å². The Morgan fingerprint density at radius 1 is 1.03 bits per heavy atom. The van der Waals surface area contributed by atoms with Crippen molar-refractivity contribution in [1.29, 1.82) is 0 Å². The smallest absolute Gasteiger partial charge is 0.272 e. The maximum Gasteiger partial charge on any atom is 0.272 e. The van der Waals surface area contributed by atoms with E-state index in [0.717, 1.165) is 15.6 Å². The highest BCUT2D eigenvalue weighted by atomic mass is 32.2. The highest BCUT2D eigenvalue weighted by molar-refractivity contribution is 7.97. The Balaban J connectivity index is 1.90. The summed E-state index contributed by atoms with van der Waals surface area (Å²) in [6.07, 6.45) is 0.700. The number of methoxy groups -OCH3 is 2. The molecule has 0 fully saturated rings. The van der Waals surface area contributed by atoms with E-state index in [1.54, 1.807) is 24.0 Å². The number of hydrogen-bond acceptors (Lipinski definition) is 5. The van der Waals surface area contributed by atoms with Gasteiger partial charge in [-0.2, -0.15) is 0 Å². The number of nitrogens with zero attached hydrogens (tertiary/aromatic N) is 2. The zero-order valence-electron chi connectivity index (χ0n) is 16.7. The molecular weight excluding hydrogens is 392 g/mol. The van der Waals surface area contributed by atoms with Crippen LogP contribution in [0.15, 0.2) is 41.3 Å². The largest absolute Gasteiger partial charge is 0.493 e. The number of benzene rings is 2. The topological polar surface area (TPSA) is 76.1 Å². The molecule has 2 heterocycles. The summed E-state index contributed by atoms with van der Waals surface area (Å²) in [5.41, 5.74) is 3.25. The Kier molecular flexibility index (Phi) is 4.53. The lowest BCUT2D eigenvalue weighted by atomic mass is 10.0. The Morgan fingerprint density at radius 2 is 1.69 bits per heavy atom. The number of carbonyl (C=O) groups excluding carboxylic acids is 1. The Labute approximate surface area is 170 Å². The minimum atomic E-state index is -4.02. The number of carbonyl (C=O) groups is 1. The van der Waals surface area contributed by atoms with Crippen LogP contribution in [0.1, 0.15) is 18.1 Å². The van der Waals surface area contributed by atoms with Crippen molar-refractivity contribution >= 4 is 32.9 Å². The second kappa shape index (κ2) is 6.81. The van der Waals surface area contributed by atoms with Gasteiger partial charge in [-0.15, -0.1) is 0 Å². The molecule has 2 aromatic carbocycles. The number of amides is 1. The molecule has 0 aliphatic carbocycles. The van der Waals surface area contributed by atoms with E-state index in [-0.39, 0.29) is 4.91 Å². The molecular formula is C21H22N2O5S. The summed E-state index contributed by atoms with van der Waals surface area (Å²) >= 11 is 0. The molecule has 2 aromatic rings. The molecule has 0 radical (unpaired) electrons. The Hall–Kier alpha value is -3.00. The molecule has 2 aliphatic rings. The van der Waals surface area contributed by atoms with Gasteiger partial charge < -0.3 is 14.4 Å². The van der Waals surface area contributed by atoms with Crippen LogP contribution in [0.4, 0.5) is 11.4 Å². The molecule has 0 bridgehead atoms. The van der Waals surface area contributed by atoms with E-state index in [0.29, 0.717) is 41.3 Å². The summed E-state index contributed by atoms with van der Waals surface area (Å²) < 4.78 is 38.4. The van der Waals surface area contributed by atoms with Gasteiger partial charge in [0.2, 0.25) is 0 Å². The highest BCUT2D eigenvalue weighted by Gasteiger charge is 2.41. The van der Waals surface area contributed by atoms with E-state index in [1.165, 1.54) is 21.3 Å². The van der Waals surface area contributed by atoms with Crippen LogP contribution in [0.2, 0.25) is 0 Å². The average Bonchev–Trinajstić information content (AvgIpc) is 3.15. The standard InChI is InChI=1S/C21H22N2O5S/c1-13-15-11-18(27-3)19(28-4)12-17(15)22(2)29(25,26)20(13)21(24)23-10-9-14-7-5-6-8-16(14)23/h5-8,11-12H,9-10H2,1-4H3.